The van der Waals surface area contributed by atoms with Gasteiger partial charge in [0, 0.05) is 51.2 Å². The number of thioether (sulfide) groups is 1. The molecule has 132 valence electrons. The maximum absolute atomic E-state index is 12.3. The minimum Gasteiger partial charge on any atom is -0.355 e. The lowest BCUT2D eigenvalue weighted by Crippen LogP contribution is -2.34. The molecule has 0 bridgehead atoms. The van der Waals surface area contributed by atoms with Crippen LogP contribution in [0.5, 0.6) is 0 Å². The summed E-state index contributed by atoms with van der Waals surface area (Å²) in [5.74, 6) is 0.302. The van der Waals surface area contributed by atoms with E-state index in [0.29, 0.717) is 30.5 Å². The second-order valence-corrected chi connectivity index (χ2v) is 6.82. The average molecular weight is 361 g/mol. The topological polar surface area (TPSA) is 106 Å². The van der Waals surface area contributed by atoms with Gasteiger partial charge in [-0.1, -0.05) is 11.8 Å². The first-order chi connectivity index (χ1) is 12.1. The molecule has 3 rings (SSSR count). The number of aromatic nitrogens is 5. The van der Waals surface area contributed by atoms with E-state index < -0.39 is 0 Å². The molecule has 1 aliphatic heterocycles. The van der Waals surface area contributed by atoms with Gasteiger partial charge in [0.1, 0.15) is 0 Å². The molecule has 25 heavy (non-hydrogen) atoms. The van der Waals surface area contributed by atoms with E-state index in [4.69, 9.17) is 0 Å². The number of carbonyl (C=O) groups is 2. The highest BCUT2D eigenvalue weighted by molar-refractivity contribution is 7.99. The molecule has 1 aliphatic rings. The molecule has 0 unspecified atom stereocenters. The maximum atomic E-state index is 12.3. The zero-order valence-electron chi connectivity index (χ0n) is 13.8. The van der Waals surface area contributed by atoms with E-state index in [1.54, 1.807) is 29.0 Å². The quantitative estimate of drug-likeness (QED) is 0.540. The normalized spacial score (nSPS) is 17.1. The number of pyridine rings is 1. The molecule has 10 heteroatoms. The van der Waals surface area contributed by atoms with Crippen molar-refractivity contribution in [3.63, 3.8) is 0 Å². The SMILES string of the molecule is Cn1nnnc1SCCNC(=O)[C@H]1CC(=O)N(Cc2ccncc2)C1. The maximum Gasteiger partial charge on any atom is 0.225 e. The standard InChI is InChI=1S/C15H19N7O2S/c1-21-15(18-19-20-21)25-7-6-17-14(24)12-8-13(23)22(10-12)9-11-2-4-16-5-3-11/h2-5,12H,6-10H2,1H3,(H,17,24)/t12-/m0/s1. The van der Waals surface area contributed by atoms with Crippen LogP contribution in [0.4, 0.5) is 0 Å². The number of hydrogen-bond donors (Lipinski definition) is 1. The first-order valence-electron chi connectivity index (χ1n) is 7.93. The number of nitrogens with one attached hydrogen (secondary N) is 1. The van der Waals surface area contributed by atoms with Gasteiger partial charge in [-0.2, -0.15) is 0 Å². The van der Waals surface area contributed by atoms with Crippen molar-refractivity contribution in [2.75, 3.05) is 18.8 Å². The minimum atomic E-state index is -0.296. The largest absolute Gasteiger partial charge is 0.355 e. The third-order valence-electron chi connectivity index (χ3n) is 3.92. The van der Waals surface area contributed by atoms with E-state index in [2.05, 4.69) is 25.8 Å². The van der Waals surface area contributed by atoms with E-state index in [1.807, 2.05) is 12.1 Å². The molecular formula is C15H19N7O2S. The summed E-state index contributed by atoms with van der Waals surface area (Å²) in [4.78, 5) is 30.1. The Morgan fingerprint density at radius 1 is 1.40 bits per heavy atom. The molecule has 1 saturated heterocycles. The number of amides is 2. The van der Waals surface area contributed by atoms with E-state index in [-0.39, 0.29) is 24.2 Å². The Kier molecular flexibility index (Phi) is 5.59. The lowest BCUT2D eigenvalue weighted by molar-refractivity contribution is -0.129. The Morgan fingerprint density at radius 3 is 2.92 bits per heavy atom. The highest BCUT2D eigenvalue weighted by Gasteiger charge is 2.33. The van der Waals surface area contributed by atoms with Crippen molar-refractivity contribution in [3.05, 3.63) is 30.1 Å². The van der Waals surface area contributed by atoms with Crippen molar-refractivity contribution in [3.8, 4) is 0 Å². The molecule has 1 fully saturated rings. The van der Waals surface area contributed by atoms with E-state index in [0.717, 1.165) is 5.56 Å². The van der Waals surface area contributed by atoms with Gasteiger partial charge in [-0.05, 0) is 28.1 Å². The van der Waals surface area contributed by atoms with Crippen molar-refractivity contribution >= 4 is 23.6 Å². The van der Waals surface area contributed by atoms with Crippen molar-refractivity contribution < 1.29 is 9.59 Å². The van der Waals surface area contributed by atoms with E-state index in [1.165, 1.54) is 11.8 Å². The number of hydrogen-bond acceptors (Lipinski definition) is 7. The van der Waals surface area contributed by atoms with Gasteiger partial charge in [0.15, 0.2) is 0 Å². The van der Waals surface area contributed by atoms with Crippen molar-refractivity contribution in [1.29, 1.82) is 0 Å². The Labute approximate surface area is 149 Å². The van der Waals surface area contributed by atoms with E-state index in [9.17, 15) is 9.59 Å². The summed E-state index contributed by atoms with van der Waals surface area (Å²) in [6.07, 6.45) is 3.66. The molecule has 3 heterocycles. The third-order valence-corrected chi connectivity index (χ3v) is 4.93. The number of tetrazole rings is 1. The van der Waals surface area contributed by atoms with Gasteiger partial charge in [-0.15, -0.1) is 5.10 Å². The van der Waals surface area contributed by atoms with Crippen LogP contribution in [0.1, 0.15) is 12.0 Å². The third kappa shape index (κ3) is 4.53. The fourth-order valence-corrected chi connectivity index (χ4v) is 3.32. The van der Waals surface area contributed by atoms with Gasteiger partial charge in [0.2, 0.25) is 17.0 Å². The number of nitrogens with zero attached hydrogens (tertiary/aromatic N) is 6. The van der Waals surface area contributed by atoms with Gasteiger partial charge in [0.25, 0.3) is 0 Å². The van der Waals surface area contributed by atoms with Crippen LogP contribution >= 0.6 is 11.8 Å². The monoisotopic (exact) mass is 361 g/mol. The Bertz CT molecular complexity index is 736. The summed E-state index contributed by atoms with van der Waals surface area (Å²) in [7, 11) is 1.77. The van der Waals surface area contributed by atoms with Crippen LogP contribution < -0.4 is 5.32 Å². The highest BCUT2D eigenvalue weighted by atomic mass is 32.2. The molecule has 0 radical (unpaired) electrons. The fraction of sp³-hybridized carbons (Fsp3) is 0.467. The van der Waals surface area contributed by atoms with Crippen molar-refractivity contribution in [1.82, 2.24) is 35.4 Å². The predicted molar refractivity (Wildman–Crippen MR) is 90.3 cm³/mol. The van der Waals surface area contributed by atoms with Gasteiger partial charge in [-0.25, -0.2) is 4.68 Å². The van der Waals surface area contributed by atoms with Crippen LogP contribution in [-0.4, -0.2) is 60.7 Å². The van der Waals surface area contributed by atoms with Gasteiger partial charge < -0.3 is 10.2 Å². The summed E-state index contributed by atoms with van der Waals surface area (Å²) in [5, 5.41) is 14.8. The fourth-order valence-electron chi connectivity index (χ4n) is 2.61. The molecule has 2 amide bonds. The smallest absolute Gasteiger partial charge is 0.225 e. The van der Waals surface area contributed by atoms with Crippen LogP contribution in [0.3, 0.4) is 0 Å². The summed E-state index contributed by atoms with van der Waals surface area (Å²) in [6.45, 7) is 1.47. The predicted octanol–water partition coefficient (Wildman–Crippen LogP) is -0.138. The second-order valence-electron chi connectivity index (χ2n) is 5.76. The number of carbonyl (C=O) groups excluding carboxylic acids is 2. The van der Waals surface area contributed by atoms with Crippen LogP contribution in [0.2, 0.25) is 0 Å². The second kappa shape index (κ2) is 8.06. The first-order valence-corrected chi connectivity index (χ1v) is 8.91. The lowest BCUT2D eigenvalue weighted by atomic mass is 10.1. The van der Waals surface area contributed by atoms with Crippen LogP contribution in [0.15, 0.2) is 29.7 Å². The molecule has 2 aromatic heterocycles. The first kappa shape index (κ1) is 17.3. The summed E-state index contributed by atoms with van der Waals surface area (Å²) >= 11 is 1.47. The summed E-state index contributed by atoms with van der Waals surface area (Å²) in [6, 6.07) is 3.75. The molecule has 9 nitrogen and oxygen atoms in total. The van der Waals surface area contributed by atoms with Crippen LogP contribution in [0, 0.1) is 5.92 Å². The number of likely N-dealkylation sites (tertiary alicyclic amines) is 1. The molecule has 0 spiro atoms. The van der Waals surface area contributed by atoms with Gasteiger partial charge in [-0.3, -0.25) is 14.6 Å². The Balaban J connectivity index is 1.42. The number of aryl methyl sites for hydroxylation is 1. The lowest BCUT2D eigenvalue weighted by Gasteiger charge is -2.16. The molecule has 1 atom stereocenters. The zero-order valence-corrected chi connectivity index (χ0v) is 14.6. The molecule has 1 N–H and O–H groups in total. The van der Waals surface area contributed by atoms with Gasteiger partial charge >= 0.3 is 0 Å². The molecule has 0 aromatic carbocycles. The zero-order chi connectivity index (χ0) is 17.6. The van der Waals surface area contributed by atoms with E-state index >= 15 is 0 Å². The van der Waals surface area contributed by atoms with Gasteiger partial charge in [0.05, 0.1) is 5.92 Å². The molecule has 2 aromatic rings. The number of rotatable bonds is 7. The average Bonchev–Trinajstić information content (AvgIpc) is 3.18. The Hall–Kier alpha value is -2.49. The molecule has 0 aliphatic carbocycles. The molecule has 0 saturated carbocycles. The van der Waals surface area contributed by atoms with Crippen LogP contribution in [0.25, 0.3) is 0 Å². The highest BCUT2D eigenvalue weighted by Crippen LogP contribution is 2.20. The van der Waals surface area contributed by atoms with Crippen LogP contribution in [-0.2, 0) is 23.2 Å². The van der Waals surface area contributed by atoms with Crippen molar-refractivity contribution in [2.45, 2.75) is 18.1 Å². The summed E-state index contributed by atoms with van der Waals surface area (Å²) < 4.78 is 1.58. The molecular weight excluding hydrogens is 342 g/mol. The summed E-state index contributed by atoms with van der Waals surface area (Å²) in [5.41, 5.74) is 1.01. The van der Waals surface area contributed by atoms with Crippen molar-refractivity contribution in [2.24, 2.45) is 13.0 Å². The Morgan fingerprint density at radius 2 is 2.20 bits per heavy atom. The minimum absolute atomic E-state index is 0.0106.